The van der Waals surface area contributed by atoms with Crippen LogP contribution in [0.15, 0.2) is 35.2 Å². The number of hydrogen-bond acceptors (Lipinski definition) is 4. The van der Waals surface area contributed by atoms with Gasteiger partial charge in [-0.2, -0.15) is 5.10 Å². The van der Waals surface area contributed by atoms with E-state index >= 15 is 0 Å². The van der Waals surface area contributed by atoms with Crippen LogP contribution in [0.2, 0.25) is 0 Å². The molecule has 0 unspecified atom stereocenters. The van der Waals surface area contributed by atoms with Crippen LogP contribution in [0, 0.1) is 0 Å². The molecule has 3 aromatic rings. The third-order valence-electron chi connectivity index (χ3n) is 4.32. The molecule has 4 heterocycles. The van der Waals surface area contributed by atoms with Crippen molar-refractivity contribution >= 4 is 5.91 Å². The Kier molecular flexibility index (Phi) is 3.48. The van der Waals surface area contributed by atoms with E-state index in [-0.39, 0.29) is 11.9 Å². The predicted molar refractivity (Wildman–Crippen MR) is 87.3 cm³/mol. The fourth-order valence-corrected chi connectivity index (χ4v) is 3.19. The van der Waals surface area contributed by atoms with Gasteiger partial charge in [0, 0.05) is 42.7 Å². The van der Waals surface area contributed by atoms with Crippen molar-refractivity contribution in [3.63, 3.8) is 0 Å². The summed E-state index contributed by atoms with van der Waals surface area (Å²) in [5.41, 5.74) is 3.06. The fourth-order valence-electron chi connectivity index (χ4n) is 3.19. The minimum Gasteiger partial charge on any atom is -0.459 e. The molecule has 0 fully saturated rings. The lowest BCUT2D eigenvalue weighted by Gasteiger charge is -2.27. The number of hydrogen-bond donors (Lipinski definition) is 1. The molecular formula is C17H19N5O2. The molecule has 0 saturated carbocycles. The van der Waals surface area contributed by atoms with Crippen LogP contribution >= 0.6 is 0 Å². The predicted octanol–water partition coefficient (Wildman–Crippen LogP) is 2.65. The molecule has 0 aromatic carbocycles. The molecule has 0 bridgehead atoms. The van der Waals surface area contributed by atoms with Gasteiger partial charge in [-0.3, -0.25) is 9.48 Å². The Hall–Kier alpha value is -2.83. The number of nitrogens with zero attached hydrogens (tertiary/aromatic N) is 4. The lowest BCUT2D eigenvalue weighted by Crippen LogP contribution is -2.36. The Morgan fingerprint density at radius 3 is 2.96 bits per heavy atom. The average Bonchev–Trinajstić information content (AvgIpc) is 3.32. The van der Waals surface area contributed by atoms with E-state index in [1.165, 1.54) is 12.0 Å². The Balaban J connectivity index is 1.73. The van der Waals surface area contributed by atoms with Gasteiger partial charge in [0.15, 0.2) is 11.6 Å². The van der Waals surface area contributed by atoms with Crippen LogP contribution in [-0.4, -0.2) is 37.1 Å². The first-order chi connectivity index (χ1) is 11.6. The van der Waals surface area contributed by atoms with Crippen LogP contribution in [0.4, 0.5) is 0 Å². The third-order valence-corrected chi connectivity index (χ3v) is 4.32. The highest BCUT2D eigenvalue weighted by Crippen LogP contribution is 2.30. The number of carbonyl (C=O) groups excluding carboxylic acids is 1. The largest absolute Gasteiger partial charge is 0.459 e. The maximum atomic E-state index is 12.6. The second-order valence-electron chi connectivity index (χ2n) is 6.20. The highest BCUT2D eigenvalue weighted by Gasteiger charge is 2.30. The number of H-pyrrole nitrogens is 1. The van der Waals surface area contributed by atoms with Gasteiger partial charge in [-0.1, -0.05) is 0 Å². The summed E-state index contributed by atoms with van der Waals surface area (Å²) in [5.74, 6) is 1.01. The molecule has 1 aliphatic heterocycles. The van der Waals surface area contributed by atoms with Gasteiger partial charge in [0.2, 0.25) is 0 Å². The maximum Gasteiger partial charge on any atom is 0.289 e. The van der Waals surface area contributed by atoms with Crippen molar-refractivity contribution in [3.8, 4) is 11.5 Å². The van der Waals surface area contributed by atoms with Gasteiger partial charge in [-0.15, -0.1) is 0 Å². The SMILES string of the molecule is CC(C)n1nc(-c2ncc[nH]2)c2c1CCN(C(=O)c1ccco1)C2. The van der Waals surface area contributed by atoms with Crippen molar-refractivity contribution < 1.29 is 9.21 Å². The van der Waals surface area contributed by atoms with E-state index in [4.69, 9.17) is 9.52 Å². The number of aromatic nitrogens is 4. The van der Waals surface area contributed by atoms with Crippen LogP contribution in [0.25, 0.3) is 11.5 Å². The molecule has 1 aliphatic rings. The van der Waals surface area contributed by atoms with Gasteiger partial charge in [0.05, 0.1) is 12.8 Å². The second-order valence-corrected chi connectivity index (χ2v) is 6.20. The van der Waals surface area contributed by atoms with Gasteiger partial charge in [-0.25, -0.2) is 4.98 Å². The van der Waals surface area contributed by atoms with Crippen molar-refractivity contribution in [1.29, 1.82) is 0 Å². The van der Waals surface area contributed by atoms with Crippen molar-refractivity contribution in [2.45, 2.75) is 32.9 Å². The molecule has 124 valence electrons. The topological polar surface area (TPSA) is 80.0 Å². The van der Waals surface area contributed by atoms with Gasteiger partial charge < -0.3 is 14.3 Å². The fraction of sp³-hybridized carbons (Fsp3) is 0.353. The summed E-state index contributed by atoms with van der Waals surface area (Å²) in [6.07, 6.45) is 5.79. The van der Waals surface area contributed by atoms with Crippen molar-refractivity contribution in [3.05, 3.63) is 47.8 Å². The highest BCUT2D eigenvalue weighted by molar-refractivity contribution is 5.91. The number of nitrogens with one attached hydrogen (secondary N) is 1. The summed E-state index contributed by atoms with van der Waals surface area (Å²) in [4.78, 5) is 21.8. The summed E-state index contributed by atoms with van der Waals surface area (Å²) < 4.78 is 7.30. The Morgan fingerprint density at radius 1 is 1.42 bits per heavy atom. The molecule has 1 N–H and O–H groups in total. The number of aromatic amines is 1. The molecule has 3 aromatic heterocycles. The van der Waals surface area contributed by atoms with Crippen molar-refractivity contribution in [2.75, 3.05) is 6.54 Å². The Morgan fingerprint density at radius 2 is 2.29 bits per heavy atom. The highest BCUT2D eigenvalue weighted by atomic mass is 16.3. The lowest BCUT2D eigenvalue weighted by atomic mass is 10.0. The summed E-state index contributed by atoms with van der Waals surface area (Å²) in [6, 6.07) is 3.69. The van der Waals surface area contributed by atoms with E-state index in [0.717, 1.165) is 23.5 Å². The Bertz CT molecular complexity index is 846. The van der Waals surface area contributed by atoms with Crippen molar-refractivity contribution in [1.82, 2.24) is 24.6 Å². The zero-order chi connectivity index (χ0) is 16.7. The summed E-state index contributed by atoms with van der Waals surface area (Å²) in [6.45, 7) is 5.39. The van der Waals surface area contributed by atoms with E-state index in [2.05, 4.69) is 23.8 Å². The quantitative estimate of drug-likeness (QED) is 0.803. The van der Waals surface area contributed by atoms with Crippen LogP contribution < -0.4 is 0 Å². The van der Waals surface area contributed by atoms with Crippen LogP contribution in [0.3, 0.4) is 0 Å². The minimum absolute atomic E-state index is 0.0895. The van der Waals surface area contributed by atoms with Crippen LogP contribution in [0.5, 0.6) is 0 Å². The second kappa shape index (κ2) is 5.67. The van der Waals surface area contributed by atoms with Crippen molar-refractivity contribution in [2.24, 2.45) is 0 Å². The average molecular weight is 325 g/mol. The number of amides is 1. The zero-order valence-electron chi connectivity index (χ0n) is 13.7. The number of fused-ring (bicyclic) bond motifs is 1. The molecule has 0 atom stereocenters. The normalized spacial score (nSPS) is 14.2. The van der Waals surface area contributed by atoms with Crippen LogP contribution in [0.1, 0.15) is 41.7 Å². The van der Waals surface area contributed by atoms with Gasteiger partial charge >= 0.3 is 0 Å². The molecular weight excluding hydrogens is 306 g/mol. The van der Waals surface area contributed by atoms with Crippen LogP contribution in [-0.2, 0) is 13.0 Å². The molecule has 24 heavy (non-hydrogen) atoms. The smallest absolute Gasteiger partial charge is 0.289 e. The molecule has 0 aliphatic carbocycles. The molecule has 4 rings (SSSR count). The standard InChI is InChI=1S/C17H19N5O2/c1-11(2)22-13-5-8-21(17(23)14-4-3-9-24-14)10-12(13)15(20-22)16-18-6-7-19-16/h3-4,6-7,9,11H,5,8,10H2,1-2H3,(H,18,19). The summed E-state index contributed by atoms with van der Waals surface area (Å²) in [5, 5.41) is 4.75. The number of carbonyl (C=O) groups is 1. The molecule has 0 spiro atoms. The van der Waals surface area contributed by atoms with Gasteiger partial charge in [-0.05, 0) is 26.0 Å². The zero-order valence-corrected chi connectivity index (χ0v) is 13.7. The molecule has 7 nitrogen and oxygen atoms in total. The lowest BCUT2D eigenvalue weighted by molar-refractivity contribution is 0.0701. The maximum absolute atomic E-state index is 12.6. The van der Waals surface area contributed by atoms with E-state index in [9.17, 15) is 4.79 Å². The van der Waals surface area contributed by atoms with E-state index < -0.39 is 0 Å². The first kappa shape index (κ1) is 14.7. The Labute approximate surface area is 139 Å². The summed E-state index contributed by atoms with van der Waals surface area (Å²) in [7, 11) is 0. The molecule has 0 radical (unpaired) electrons. The van der Waals surface area contributed by atoms with Gasteiger partial charge in [0.25, 0.3) is 5.91 Å². The molecule has 1 amide bonds. The van der Waals surface area contributed by atoms with E-state index in [1.807, 2.05) is 4.68 Å². The first-order valence-electron chi connectivity index (χ1n) is 8.08. The minimum atomic E-state index is -0.0895. The number of rotatable bonds is 3. The summed E-state index contributed by atoms with van der Waals surface area (Å²) >= 11 is 0. The monoisotopic (exact) mass is 325 g/mol. The van der Waals surface area contributed by atoms with E-state index in [1.54, 1.807) is 29.4 Å². The number of furan rings is 1. The van der Waals surface area contributed by atoms with E-state index in [0.29, 0.717) is 18.8 Å². The molecule has 0 saturated heterocycles. The molecule has 7 heteroatoms. The van der Waals surface area contributed by atoms with Gasteiger partial charge in [0.1, 0.15) is 5.69 Å². The third kappa shape index (κ3) is 2.33. The first-order valence-corrected chi connectivity index (χ1v) is 8.08. The number of imidazole rings is 1.